The van der Waals surface area contributed by atoms with Crippen LogP contribution < -0.4 is 10.9 Å². The van der Waals surface area contributed by atoms with E-state index in [1.807, 2.05) is 11.5 Å². The maximum absolute atomic E-state index is 13.6. The third-order valence-electron chi connectivity index (χ3n) is 10.9. The highest BCUT2D eigenvalue weighted by atomic mass is 35.5. The van der Waals surface area contributed by atoms with Crippen LogP contribution in [0.5, 0.6) is 0 Å². The van der Waals surface area contributed by atoms with Crippen LogP contribution in [-0.4, -0.2) is 52.2 Å². The van der Waals surface area contributed by atoms with Crippen molar-refractivity contribution in [3.05, 3.63) is 51.4 Å². The Morgan fingerprint density at radius 1 is 1.07 bits per heavy atom. The van der Waals surface area contributed by atoms with Crippen LogP contribution in [0.2, 0.25) is 5.02 Å². The highest BCUT2D eigenvalue weighted by Crippen LogP contribution is 2.63. The first-order valence-corrected chi connectivity index (χ1v) is 17.4. The molecule has 1 N–H and O–H groups in total. The van der Waals surface area contributed by atoms with Crippen LogP contribution in [0, 0.1) is 17.8 Å². The number of nitrogens with zero attached hydrogens (tertiary/aromatic N) is 4. The molecular formula is C32H40ClN5O3S. The fourth-order valence-corrected chi connectivity index (χ4v) is 10.4. The lowest BCUT2D eigenvalue weighted by molar-refractivity contribution is 0.0246. The minimum atomic E-state index is -3.40. The van der Waals surface area contributed by atoms with Crippen LogP contribution in [0.25, 0.3) is 11.0 Å². The maximum Gasteiger partial charge on any atom is 0.271 e. The second kappa shape index (κ2) is 10.0. The molecule has 4 aliphatic rings. The van der Waals surface area contributed by atoms with Crippen LogP contribution in [0.4, 0.5) is 11.6 Å². The molecule has 1 atom stereocenters. The second-order valence-electron chi connectivity index (χ2n) is 13.7. The number of fused-ring (bicyclic) bond motifs is 1. The van der Waals surface area contributed by atoms with Crippen molar-refractivity contribution < 1.29 is 8.42 Å². The summed E-state index contributed by atoms with van der Waals surface area (Å²) in [4.78, 5) is 25.4. The Bertz CT molecular complexity index is 1720. The highest BCUT2D eigenvalue weighted by Gasteiger charge is 2.53. The highest BCUT2D eigenvalue weighted by molar-refractivity contribution is 7.92. The lowest BCUT2D eigenvalue weighted by Crippen LogP contribution is -2.52. The van der Waals surface area contributed by atoms with Gasteiger partial charge in [-0.2, -0.15) is 4.98 Å². The summed E-state index contributed by atoms with van der Waals surface area (Å²) in [5, 5.41) is 3.90. The topological polar surface area (TPSA) is 97.2 Å². The van der Waals surface area contributed by atoms with Crippen molar-refractivity contribution in [1.29, 1.82) is 0 Å². The summed E-state index contributed by atoms with van der Waals surface area (Å²) >= 11 is 6.37. The molecule has 224 valence electrons. The van der Waals surface area contributed by atoms with Crippen molar-refractivity contribution in [3.63, 3.8) is 0 Å². The summed E-state index contributed by atoms with van der Waals surface area (Å²) in [6.45, 7) is 8.48. The molecule has 8 nitrogen and oxygen atoms in total. The fourth-order valence-electron chi connectivity index (χ4n) is 8.02. The summed E-state index contributed by atoms with van der Waals surface area (Å²) < 4.78 is 28.9. The molecule has 7 rings (SSSR count). The molecular weight excluding hydrogens is 570 g/mol. The molecule has 0 radical (unpaired) electrons. The Hall–Kier alpha value is -2.49. The van der Waals surface area contributed by atoms with Crippen LogP contribution >= 0.6 is 11.6 Å². The number of sulfone groups is 1. The zero-order chi connectivity index (χ0) is 29.4. The molecule has 4 fully saturated rings. The standard InChI is InChI=1S/C32H40ClN5O3S/c1-20(2)37-13-11-31(12-14-37)17-24(18-31)42(40,41)23-6-7-26(21(3)15-23)35-30-34-19-22-16-25(33)29(39)38(28(22)36-30)27-5-4-8-32(27)9-10-32/h6-7,15-16,19-20,24,27H,4-5,8-14,17-18H2,1-3H3,(H,34,35,36). The predicted molar refractivity (Wildman–Crippen MR) is 166 cm³/mol. The minimum Gasteiger partial charge on any atom is -0.324 e. The van der Waals surface area contributed by atoms with Gasteiger partial charge in [0.2, 0.25) is 5.95 Å². The molecule has 3 heterocycles. The van der Waals surface area contributed by atoms with Gasteiger partial charge in [0, 0.05) is 29.4 Å². The van der Waals surface area contributed by atoms with Gasteiger partial charge in [-0.1, -0.05) is 18.0 Å². The molecule has 42 heavy (non-hydrogen) atoms. The van der Waals surface area contributed by atoms with Gasteiger partial charge < -0.3 is 10.2 Å². The Labute approximate surface area is 252 Å². The predicted octanol–water partition coefficient (Wildman–Crippen LogP) is 6.43. The molecule has 2 spiro atoms. The maximum atomic E-state index is 13.6. The number of rotatable bonds is 6. The smallest absolute Gasteiger partial charge is 0.271 e. The molecule has 0 bridgehead atoms. The quantitative estimate of drug-likeness (QED) is 0.344. The normalized spacial score (nSPS) is 23.6. The first-order valence-electron chi connectivity index (χ1n) is 15.4. The number of aromatic nitrogens is 3. The molecule has 1 aromatic carbocycles. The molecule has 1 aliphatic heterocycles. The van der Waals surface area contributed by atoms with Crippen molar-refractivity contribution in [2.75, 3.05) is 18.4 Å². The number of hydrogen-bond acceptors (Lipinski definition) is 7. The van der Waals surface area contributed by atoms with Crippen molar-refractivity contribution in [2.45, 2.75) is 101 Å². The lowest BCUT2D eigenvalue weighted by Gasteiger charge is -2.52. The summed E-state index contributed by atoms with van der Waals surface area (Å²) in [5.41, 5.74) is 2.33. The van der Waals surface area contributed by atoms with Crippen molar-refractivity contribution in [2.24, 2.45) is 10.8 Å². The zero-order valence-electron chi connectivity index (χ0n) is 24.7. The fraction of sp³-hybridized carbons (Fsp3) is 0.594. The second-order valence-corrected chi connectivity index (χ2v) is 16.4. The molecule has 2 aromatic heterocycles. The Kier molecular flexibility index (Phi) is 6.75. The summed E-state index contributed by atoms with van der Waals surface area (Å²) in [6.07, 6.45) is 10.9. The number of benzene rings is 1. The van der Waals surface area contributed by atoms with E-state index in [-0.39, 0.29) is 32.7 Å². The zero-order valence-corrected chi connectivity index (χ0v) is 26.3. The van der Waals surface area contributed by atoms with E-state index < -0.39 is 9.84 Å². The Morgan fingerprint density at radius 3 is 2.48 bits per heavy atom. The molecule has 3 aliphatic carbocycles. The number of anilines is 2. The molecule has 1 saturated heterocycles. The SMILES string of the molecule is Cc1cc(S(=O)(=O)C2CC3(CCN(C(C)C)CC3)C2)ccc1Nc1ncc2cc(Cl)c(=O)n(C3CCCC34CC4)c2n1. The van der Waals surface area contributed by atoms with Gasteiger partial charge in [-0.15, -0.1) is 0 Å². The van der Waals surface area contributed by atoms with Crippen molar-refractivity contribution >= 4 is 44.1 Å². The van der Waals surface area contributed by atoms with Crippen molar-refractivity contribution in [1.82, 2.24) is 19.4 Å². The van der Waals surface area contributed by atoms with E-state index in [4.69, 9.17) is 16.6 Å². The summed E-state index contributed by atoms with van der Waals surface area (Å²) in [5.74, 6) is 0.369. The number of likely N-dealkylation sites (tertiary alicyclic amines) is 1. The molecule has 3 saturated carbocycles. The molecule has 0 amide bonds. The third kappa shape index (κ3) is 4.67. The van der Waals surface area contributed by atoms with E-state index in [9.17, 15) is 13.2 Å². The van der Waals surface area contributed by atoms with E-state index in [0.717, 1.165) is 87.5 Å². The van der Waals surface area contributed by atoms with Gasteiger partial charge >= 0.3 is 0 Å². The average Bonchev–Trinajstić information content (AvgIpc) is 3.61. The van der Waals surface area contributed by atoms with E-state index in [2.05, 4.69) is 29.0 Å². The van der Waals surface area contributed by atoms with Crippen LogP contribution in [0.15, 0.2) is 40.2 Å². The largest absolute Gasteiger partial charge is 0.324 e. The summed E-state index contributed by atoms with van der Waals surface area (Å²) in [7, 11) is -3.40. The van der Waals surface area contributed by atoms with Gasteiger partial charge in [-0.25, -0.2) is 13.4 Å². The van der Waals surface area contributed by atoms with Crippen LogP contribution in [0.1, 0.15) is 83.2 Å². The van der Waals surface area contributed by atoms with Gasteiger partial charge in [0.05, 0.1) is 10.1 Å². The van der Waals surface area contributed by atoms with Gasteiger partial charge in [-0.05, 0) is 126 Å². The third-order valence-corrected chi connectivity index (χ3v) is 13.3. The number of aryl methyl sites for hydroxylation is 1. The van der Waals surface area contributed by atoms with Gasteiger partial charge in [0.1, 0.15) is 10.7 Å². The van der Waals surface area contributed by atoms with E-state index in [0.29, 0.717) is 22.5 Å². The molecule has 1 unspecified atom stereocenters. The minimum absolute atomic E-state index is 0.105. The Balaban J connectivity index is 1.11. The number of piperidine rings is 1. The van der Waals surface area contributed by atoms with Gasteiger partial charge in [0.15, 0.2) is 9.84 Å². The number of halogens is 1. The monoisotopic (exact) mass is 609 g/mol. The number of nitrogens with one attached hydrogen (secondary N) is 1. The van der Waals surface area contributed by atoms with Gasteiger partial charge in [-0.3, -0.25) is 9.36 Å². The van der Waals surface area contributed by atoms with Crippen LogP contribution in [-0.2, 0) is 9.84 Å². The van der Waals surface area contributed by atoms with E-state index >= 15 is 0 Å². The first-order chi connectivity index (χ1) is 20.0. The van der Waals surface area contributed by atoms with Crippen LogP contribution in [0.3, 0.4) is 0 Å². The van der Waals surface area contributed by atoms with Crippen molar-refractivity contribution in [3.8, 4) is 0 Å². The van der Waals surface area contributed by atoms with E-state index in [1.165, 1.54) is 0 Å². The van der Waals surface area contributed by atoms with Gasteiger partial charge in [0.25, 0.3) is 5.56 Å². The summed E-state index contributed by atoms with van der Waals surface area (Å²) in [6, 6.07) is 7.56. The number of hydrogen-bond donors (Lipinski definition) is 1. The van der Waals surface area contributed by atoms with E-state index in [1.54, 1.807) is 30.5 Å². The first kappa shape index (κ1) is 28.3. The average molecular weight is 610 g/mol. The molecule has 10 heteroatoms. The lowest BCUT2D eigenvalue weighted by atomic mass is 9.63. The molecule has 3 aromatic rings. The Morgan fingerprint density at radius 2 is 1.81 bits per heavy atom. The number of pyridine rings is 1.